The number of rotatable bonds is 4. The van der Waals surface area contributed by atoms with Crippen molar-refractivity contribution in [3.63, 3.8) is 0 Å². The molecule has 5 nitrogen and oxygen atoms in total. The lowest BCUT2D eigenvalue weighted by molar-refractivity contribution is 0.0956. The van der Waals surface area contributed by atoms with Crippen molar-refractivity contribution < 1.29 is 4.79 Å². The summed E-state index contributed by atoms with van der Waals surface area (Å²) in [6.07, 6.45) is 2.50. The Bertz CT molecular complexity index is 464. The monoisotopic (exact) mass is 296 g/mol. The second-order valence-electron chi connectivity index (χ2n) is 5.91. The molecule has 0 aliphatic carbocycles. The van der Waals surface area contributed by atoms with Crippen LogP contribution in [0.3, 0.4) is 0 Å². The smallest absolute Gasteiger partial charge is 0.277 e. The molecule has 2 heterocycles. The first-order valence-electron chi connectivity index (χ1n) is 7.24. The van der Waals surface area contributed by atoms with Gasteiger partial charge in [-0.3, -0.25) is 15.1 Å². The Morgan fingerprint density at radius 1 is 1.50 bits per heavy atom. The van der Waals surface area contributed by atoms with Crippen molar-refractivity contribution in [1.82, 2.24) is 15.3 Å². The quantitative estimate of drug-likeness (QED) is 0.507. The minimum absolute atomic E-state index is 0.230. The van der Waals surface area contributed by atoms with Crippen LogP contribution in [0.5, 0.6) is 0 Å². The minimum atomic E-state index is -0.232. The lowest BCUT2D eigenvalue weighted by Gasteiger charge is -2.29. The first-order chi connectivity index (χ1) is 9.51. The average Bonchev–Trinajstić information content (AvgIpc) is 2.84. The van der Waals surface area contributed by atoms with Gasteiger partial charge in [-0.05, 0) is 37.8 Å². The molecule has 6 heteroatoms. The molecule has 0 aromatic carbocycles. The van der Waals surface area contributed by atoms with E-state index in [4.69, 9.17) is 5.84 Å². The highest BCUT2D eigenvalue weighted by atomic mass is 32.1. The topological polar surface area (TPSA) is 71.2 Å². The maximum atomic E-state index is 11.8. The number of hydrogen-bond donors (Lipinski definition) is 2. The van der Waals surface area contributed by atoms with Gasteiger partial charge in [-0.25, -0.2) is 10.8 Å². The number of nitrogen functional groups attached to an aromatic ring is 1. The number of hydrazine groups is 1. The predicted octanol–water partition coefficient (Wildman–Crippen LogP) is 2.10. The molecule has 112 valence electrons. The molecule has 1 amide bonds. The van der Waals surface area contributed by atoms with Crippen LogP contribution < -0.4 is 11.3 Å². The molecule has 1 saturated heterocycles. The summed E-state index contributed by atoms with van der Waals surface area (Å²) < 4.78 is 0. The van der Waals surface area contributed by atoms with E-state index in [2.05, 4.69) is 36.1 Å². The predicted molar refractivity (Wildman–Crippen MR) is 81.5 cm³/mol. The maximum absolute atomic E-state index is 11.8. The van der Waals surface area contributed by atoms with Gasteiger partial charge in [0.1, 0.15) is 9.88 Å². The Hall–Kier alpha value is -0.980. The Labute approximate surface area is 124 Å². The third-order valence-corrected chi connectivity index (χ3v) is 4.87. The van der Waals surface area contributed by atoms with Gasteiger partial charge in [-0.1, -0.05) is 20.8 Å². The van der Waals surface area contributed by atoms with Crippen molar-refractivity contribution in [3.05, 3.63) is 15.6 Å². The number of nitrogens with two attached hydrogens (primary N) is 1. The van der Waals surface area contributed by atoms with Crippen LogP contribution in [0.25, 0.3) is 0 Å². The van der Waals surface area contributed by atoms with Crippen LogP contribution in [-0.4, -0.2) is 28.9 Å². The molecule has 20 heavy (non-hydrogen) atoms. The van der Waals surface area contributed by atoms with E-state index in [1.54, 1.807) is 0 Å². The summed E-state index contributed by atoms with van der Waals surface area (Å²) in [6.45, 7) is 9.49. The summed E-state index contributed by atoms with van der Waals surface area (Å²) in [5.74, 6) is 6.08. The molecule has 3 N–H and O–H groups in total. The summed E-state index contributed by atoms with van der Waals surface area (Å²) in [5, 5.41) is 1.02. The van der Waals surface area contributed by atoms with Crippen molar-refractivity contribution in [2.75, 3.05) is 13.1 Å². The van der Waals surface area contributed by atoms with E-state index < -0.39 is 0 Å². The molecule has 0 radical (unpaired) electrons. The van der Waals surface area contributed by atoms with Gasteiger partial charge in [-0.15, -0.1) is 11.3 Å². The fourth-order valence-corrected chi connectivity index (χ4v) is 3.64. The van der Waals surface area contributed by atoms with E-state index in [1.165, 1.54) is 24.2 Å². The van der Waals surface area contributed by atoms with Crippen LogP contribution in [0.1, 0.15) is 59.9 Å². The number of nitrogens with one attached hydrogen (secondary N) is 1. The number of aromatic nitrogens is 1. The molecule has 0 spiro atoms. The number of carbonyl (C=O) groups is 1. The Balaban J connectivity index is 2.10. The van der Waals surface area contributed by atoms with Gasteiger partial charge in [0.05, 0.1) is 12.2 Å². The van der Waals surface area contributed by atoms with Gasteiger partial charge in [-0.2, -0.15) is 0 Å². The third-order valence-electron chi connectivity index (χ3n) is 3.82. The van der Waals surface area contributed by atoms with Crippen molar-refractivity contribution in [1.29, 1.82) is 0 Å². The van der Waals surface area contributed by atoms with Crippen molar-refractivity contribution in [2.45, 2.75) is 46.1 Å². The number of thiazole rings is 1. The Kier molecular flexibility index (Phi) is 5.12. The third kappa shape index (κ3) is 3.56. The number of nitrogens with zero attached hydrogens (tertiary/aromatic N) is 2. The van der Waals surface area contributed by atoms with E-state index in [1.807, 2.05) is 0 Å². The molecule has 0 bridgehead atoms. The number of piperidine rings is 1. The summed E-state index contributed by atoms with van der Waals surface area (Å²) in [4.78, 5) is 19.5. The SMILES string of the molecule is CC1CCN(Cc2nc(C(C)C)c(C(=O)NN)s2)CC1. The highest BCUT2D eigenvalue weighted by Gasteiger charge is 2.22. The van der Waals surface area contributed by atoms with E-state index in [0.717, 1.165) is 36.3 Å². The molecule has 0 unspecified atom stereocenters. The van der Waals surface area contributed by atoms with Crippen molar-refractivity contribution in [2.24, 2.45) is 11.8 Å². The second kappa shape index (κ2) is 6.65. The van der Waals surface area contributed by atoms with Gasteiger partial charge in [0.2, 0.25) is 0 Å². The molecular formula is C14H24N4OS. The summed E-state index contributed by atoms with van der Waals surface area (Å²) in [5.41, 5.74) is 3.08. The zero-order valence-corrected chi connectivity index (χ0v) is 13.3. The molecule has 0 atom stereocenters. The van der Waals surface area contributed by atoms with Crippen LogP contribution in [0.4, 0.5) is 0 Å². The average molecular weight is 296 g/mol. The molecule has 1 aromatic rings. The zero-order chi connectivity index (χ0) is 14.7. The van der Waals surface area contributed by atoms with Gasteiger partial charge in [0, 0.05) is 0 Å². The lowest BCUT2D eigenvalue weighted by atomic mass is 9.99. The molecule has 2 rings (SSSR count). The summed E-state index contributed by atoms with van der Waals surface area (Å²) >= 11 is 1.47. The van der Waals surface area contributed by atoms with Crippen LogP contribution in [0.15, 0.2) is 0 Å². The fourth-order valence-electron chi connectivity index (χ4n) is 2.48. The van der Waals surface area contributed by atoms with Gasteiger partial charge in [0.15, 0.2) is 0 Å². The number of likely N-dealkylation sites (tertiary alicyclic amines) is 1. The van der Waals surface area contributed by atoms with E-state index >= 15 is 0 Å². The molecule has 1 aromatic heterocycles. The van der Waals surface area contributed by atoms with Crippen LogP contribution in [-0.2, 0) is 6.54 Å². The van der Waals surface area contributed by atoms with Crippen molar-refractivity contribution >= 4 is 17.2 Å². The number of amides is 1. The minimum Gasteiger partial charge on any atom is -0.297 e. The van der Waals surface area contributed by atoms with Crippen LogP contribution in [0, 0.1) is 5.92 Å². The maximum Gasteiger partial charge on any atom is 0.277 e. The molecular weight excluding hydrogens is 272 g/mol. The molecule has 1 fully saturated rings. The Morgan fingerprint density at radius 2 is 2.15 bits per heavy atom. The molecule has 0 saturated carbocycles. The second-order valence-corrected chi connectivity index (χ2v) is 6.99. The number of hydrogen-bond acceptors (Lipinski definition) is 5. The summed E-state index contributed by atoms with van der Waals surface area (Å²) in [6, 6.07) is 0. The number of carbonyl (C=O) groups excluding carboxylic acids is 1. The zero-order valence-electron chi connectivity index (χ0n) is 12.5. The first-order valence-corrected chi connectivity index (χ1v) is 8.05. The first kappa shape index (κ1) is 15.4. The Morgan fingerprint density at radius 3 is 2.70 bits per heavy atom. The highest BCUT2D eigenvalue weighted by Crippen LogP contribution is 2.27. The molecule has 1 aliphatic heterocycles. The lowest BCUT2D eigenvalue weighted by Crippen LogP contribution is -2.32. The highest BCUT2D eigenvalue weighted by molar-refractivity contribution is 7.13. The van der Waals surface area contributed by atoms with E-state index in [0.29, 0.717) is 4.88 Å². The van der Waals surface area contributed by atoms with Crippen LogP contribution >= 0.6 is 11.3 Å². The normalized spacial score (nSPS) is 17.6. The van der Waals surface area contributed by atoms with Gasteiger partial charge < -0.3 is 0 Å². The fraction of sp³-hybridized carbons (Fsp3) is 0.714. The van der Waals surface area contributed by atoms with Gasteiger partial charge >= 0.3 is 0 Å². The summed E-state index contributed by atoms with van der Waals surface area (Å²) in [7, 11) is 0. The van der Waals surface area contributed by atoms with Crippen molar-refractivity contribution in [3.8, 4) is 0 Å². The standard InChI is InChI=1S/C14H24N4OS/c1-9(2)12-13(14(19)17-15)20-11(16-12)8-18-6-4-10(3)5-7-18/h9-10H,4-8,15H2,1-3H3,(H,17,19). The van der Waals surface area contributed by atoms with E-state index in [9.17, 15) is 4.79 Å². The van der Waals surface area contributed by atoms with E-state index in [-0.39, 0.29) is 11.8 Å². The largest absolute Gasteiger partial charge is 0.297 e. The van der Waals surface area contributed by atoms with Crippen LogP contribution in [0.2, 0.25) is 0 Å². The van der Waals surface area contributed by atoms with Gasteiger partial charge in [0.25, 0.3) is 5.91 Å². The molecule has 1 aliphatic rings.